The van der Waals surface area contributed by atoms with E-state index >= 15 is 0 Å². The van der Waals surface area contributed by atoms with Crippen LogP contribution < -0.4 is 5.32 Å². The van der Waals surface area contributed by atoms with Crippen LogP contribution in [0.25, 0.3) is 0 Å². The van der Waals surface area contributed by atoms with Gasteiger partial charge >= 0.3 is 0 Å². The quantitative estimate of drug-likeness (QED) is 0.762. The standard InChI is InChI=1S/C14H19Br2NO/c1-9(2)13(6-7-15)17-14(18)12-5-4-11(16)8-10(12)3/h4-5,8-9,13H,6-7H2,1-3H3,(H,17,18). The van der Waals surface area contributed by atoms with E-state index in [-0.39, 0.29) is 11.9 Å². The van der Waals surface area contributed by atoms with E-state index in [9.17, 15) is 4.79 Å². The Balaban J connectivity index is 2.80. The molecule has 0 aliphatic heterocycles. The van der Waals surface area contributed by atoms with E-state index < -0.39 is 0 Å². The van der Waals surface area contributed by atoms with Gasteiger partial charge in [0.2, 0.25) is 0 Å². The highest BCUT2D eigenvalue weighted by molar-refractivity contribution is 9.10. The molecule has 0 aliphatic rings. The maximum atomic E-state index is 12.2. The number of aryl methyl sites for hydroxylation is 1. The maximum Gasteiger partial charge on any atom is 0.251 e. The van der Waals surface area contributed by atoms with E-state index in [1.807, 2.05) is 25.1 Å². The van der Waals surface area contributed by atoms with E-state index in [1.165, 1.54) is 0 Å². The van der Waals surface area contributed by atoms with Gasteiger partial charge in [0.1, 0.15) is 0 Å². The fourth-order valence-corrected chi connectivity index (χ4v) is 2.79. The Morgan fingerprint density at radius 1 is 1.39 bits per heavy atom. The number of rotatable bonds is 5. The minimum atomic E-state index is 0.0136. The van der Waals surface area contributed by atoms with Crippen molar-refractivity contribution in [3.63, 3.8) is 0 Å². The highest BCUT2D eigenvalue weighted by atomic mass is 79.9. The zero-order chi connectivity index (χ0) is 13.7. The molecule has 4 heteroatoms. The van der Waals surface area contributed by atoms with Gasteiger partial charge in [0.15, 0.2) is 0 Å². The number of nitrogens with one attached hydrogen (secondary N) is 1. The third-order valence-electron chi connectivity index (χ3n) is 2.97. The first-order valence-corrected chi connectivity index (χ1v) is 8.00. The Hall–Kier alpha value is -0.350. The van der Waals surface area contributed by atoms with Crippen LogP contribution in [0.5, 0.6) is 0 Å². The van der Waals surface area contributed by atoms with Crippen molar-refractivity contribution in [2.24, 2.45) is 5.92 Å². The van der Waals surface area contributed by atoms with E-state index in [1.54, 1.807) is 0 Å². The number of carbonyl (C=O) groups is 1. The van der Waals surface area contributed by atoms with Gasteiger partial charge in [0.25, 0.3) is 5.91 Å². The fraction of sp³-hybridized carbons (Fsp3) is 0.500. The summed E-state index contributed by atoms with van der Waals surface area (Å²) in [7, 11) is 0. The molecule has 0 saturated heterocycles. The van der Waals surface area contributed by atoms with Gasteiger partial charge in [-0.3, -0.25) is 4.79 Å². The molecule has 1 amide bonds. The van der Waals surface area contributed by atoms with Crippen LogP contribution in [0.15, 0.2) is 22.7 Å². The van der Waals surface area contributed by atoms with Gasteiger partial charge in [-0.25, -0.2) is 0 Å². The number of hydrogen-bond acceptors (Lipinski definition) is 1. The smallest absolute Gasteiger partial charge is 0.251 e. The first-order chi connectivity index (χ1) is 8.45. The molecule has 1 aromatic carbocycles. The highest BCUT2D eigenvalue weighted by Crippen LogP contribution is 2.17. The van der Waals surface area contributed by atoms with Crippen LogP contribution in [0.3, 0.4) is 0 Å². The molecule has 0 bridgehead atoms. The molecular weight excluding hydrogens is 358 g/mol. The van der Waals surface area contributed by atoms with Gasteiger partial charge in [-0.2, -0.15) is 0 Å². The number of amides is 1. The van der Waals surface area contributed by atoms with E-state index in [0.29, 0.717) is 5.92 Å². The minimum Gasteiger partial charge on any atom is -0.349 e. The van der Waals surface area contributed by atoms with E-state index in [2.05, 4.69) is 51.0 Å². The SMILES string of the molecule is Cc1cc(Br)ccc1C(=O)NC(CCBr)C(C)C. The second-order valence-electron chi connectivity index (χ2n) is 4.76. The first-order valence-electron chi connectivity index (χ1n) is 6.08. The molecule has 0 spiro atoms. The van der Waals surface area contributed by atoms with E-state index in [0.717, 1.165) is 27.4 Å². The lowest BCUT2D eigenvalue weighted by atomic mass is 10.0. The Bertz CT molecular complexity index is 418. The Kier molecular flexibility index (Phi) is 6.36. The van der Waals surface area contributed by atoms with Crippen LogP contribution in [0.2, 0.25) is 0 Å². The van der Waals surface area contributed by atoms with Gasteiger partial charge in [0, 0.05) is 21.4 Å². The molecule has 1 rings (SSSR count). The number of halogens is 2. The lowest BCUT2D eigenvalue weighted by Crippen LogP contribution is -2.39. The van der Waals surface area contributed by atoms with Crippen LogP contribution in [0.1, 0.15) is 36.2 Å². The Labute approximate surface area is 126 Å². The molecule has 0 fully saturated rings. The van der Waals surface area contributed by atoms with Crippen LogP contribution in [0.4, 0.5) is 0 Å². The topological polar surface area (TPSA) is 29.1 Å². The summed E-state index contributed by atoms with van der Waals surface area (Å²) in [5.74, 6) is 0.446. The third kappa shape index (κ3) is 4.39. The number of benzene rings is 1. The van der Waals surface area contributed by atoms with Crippen molar-refractivity contribution in [3.8, 4) is 0 Å². The summed E-state index contributed by atoms with van der Waals surface area (Å²) in [6.45, 7) is 6.21. The first kappa shape index (κ1) is 15.7. The van der Waals surface area contributed by atoms with Crippen molar-refractivity contribution in [2.75, 3.05) is 5.33 Å². The molecule has 0 aromatic heterocycles. The molecule has 1 unspecified atom stereocenters. The second kappa shape index (κ2) is 7.29. The average molecular weight is 377 g/mol. The molecule has 1 aromatic rings. The van der Waals surface area contributed by atoms with Crippen LogP contribution in [0, 0.1) is 12.8 Å². The van der Waals surface area contributed by atoms with Gasteiger partial charge in [-0.15, -0.1) is 0 Å². The molecular formula is C14H19Br2NO. The van der Waals surface area contributed by atoms with Crippen LogP contribution >= 0.6 is 31.9 Å². The number of carbonyl (C=O) groups excluding carboxylic acids is 1. The monoisotopic (exact) mass is 375 g/mol. The van der Waals surface area contributed by atoms with Crippen LogP contribution in [-0.4, -0.2) is 17.3 Å². The summed E-state index contributed by atoms with van der Waals surface area (Å²) >= 11 is 6.84. The van der Waals surface area contributed by atoms with Crippen molar-refractivity contribution < 1.29 is 4.79 Å². The average Bonchev–Trinajstić information content (AvgIpc) is 2.27. The predicted molar refractivity (Wildman–Crippen MR) is 83.4 cm³/mol. The molecule has 0 saturated carbocycles. The second-order valence-corrected chi connectivity index (χ2v) is 6.47. The summed E-state index contributed by atoms with van der Waals surface area (Å²) in [4.78, 5) is 12.2. The number of hydrogen-bond donors (Lipinski definition) is 1. The van der Waals surface area contributed by atoms with Crippen molar-refractivity contribution >= 4 is 37.8 Å². The maximum absolute atomic E-state index is 12.2. The van der Waals surface area contributed by atoms with Crippen LogP contribution in [-0.2, 0) is 0 Å². The minimum absolute atomic E-state index is 0.0136. The zero-order valence-corrected chi connectivity index (χ0v) is 14.1. The van der Waals surface area contributed by atoms with Crippen molar-refractivity contribution in [1.82, 2.24) is 5.32 Å². The highest BCUT2D eigenvalue weighted by Gasteiger charge is 2.17. The van der Waals surface area contributed by atoms with Gasteiger partial charge in [-0.05, 0) is 43.0 Å². The van der Waals surface area contributed by atoms with Crippen molar-refractivity contribution in [1.29, 1.82) is 0 Å². The predicted octanol–water partition coefficient (Wildman–Crippen LogP) is 4.30. The summed E-state index contributed by atoms with van der Waals surface area (Å²) in [6, 6.07) is 5.93. The largest absolute Gasteiger partial charge is 0.349 e. The summed E-state index contributed by atoms with van der Waals surface area (Å²) < 4.78 is 0.998. The fourth-order valence-electron chi connectivity index (χ4n) is 1.82. The molecule has 100 valence electrons. The molecule has 1 N–H and O–H groups in total. The Morgan fingerprint density at radius 2 is 2.06 bits per heavy atom. The summed E-state index contributed by atoms with van der Waals surface area (Å²) in [5.41, 5.74) is 1.74. The number of alkyl halides is 1. The molecule has 0 radical (unpaired) electrons. The zero-order valence-electron chi connectivity index (χ0n) is 11.0. The lowest BCUT2D eigenvalue weighted by molar-refractivity contribution is 0.0924. The van der Waals surface area contributed by atoms with Gasteiger partial charge < -0.3 is 5.32 Å². The normalized spacial score (nSPS) is 12.6. The van der Waals surface area contributed by atoms with Gasteiger partial charge in [0.05, 0.1) is 0 Å². The van der Waals surface area contributed by atoms with Crippen molar-refractivity contribution in [2.45, 2.75) is 33.2 Å². The summed E-state index contributed by atoms with van der Waals surface area (Å²) in [6.07, 6.45) is 0.943. The van der Waals surface area contributed by atoms with E-state index in [4.69, 9.17) is 0 Å². The molecule has 0 heterocycles. The molecule has 18 heavy (non-hydrogen) atoms. The van der Waals surface area contributed by atoms with Gasteiger partial charge in [-0.1, -0.05) is 45.7 Å². The molecule has 0 aliphatic carbocycles. The third-order valence-corrected chi connectivity index (χ3v) is 3.93. The van der Waals surface area contributed by atoms with Crippen molar-refractivity contribution in [3.05, 3.63) is 33.8 Å². The lowest BCUT2D eigenvalue weighted by Gasteiger charge is -2.22. The Morgan fingerprint density at radius 3 is 2.56 bits per heavy atom. The molecule has 1 atom stereocenters. The molecule has 2 nitrogen and oxygen atoms in total. The summed E-state index contributed by atoms with van der Waals surface area (Å²) in [5, 5.41) is 4.01.